The van der Waals surface area contributed by atoms with E-state index in [0.717, 1.165) is 25.9 Å². The molecule has 3 heterocycles. The molecular formula is C13H21ClN4O2S. The summed E-state index contributed by atoms with van der Waals surface area (Å²) in [4.78, 5) is 2.66. The molecule has 0 amide bonds. The number of aromatic amines is 1. The Morgan fingerprint density at radius 1 is 1.43 bits per heavy atom. The summed E-state index contributed by atoms with van der Waals surface area (Å²) in [6, 6.07) is 0.324. The molecule has 2 aliphatic heterocycles. The van der Waals surface area contributed by atoms with E-state index in [0.29, 0.717) is 24.0 Å². The molecule has 1 N–H and O–H groups in total. The highest BCUT2D eigenvalue weighted by Gasteiger charge is 2.41. The molecular weight excluding hydrogens is 312 g/mol. The first-order chi connectivity index (χ1) is 9.95. The second-order valence-corrected chi connectivity index (χ2v) is 8.07. The second kappa shape index (κ2) is 5.53. The highest BCUT2D eigenvalue weighted by atomic mass is 35.5. The molecule has 21 heavy (non-hydrogen) atoms. The van der Waals surface area contributed by atoms with Crippen LogP contribution in [0.15, 0.2) is 4.90 Å². The lowest BCUT2D eigenvalue weighted by Gasteiger charge is -2.41. The molecule has 2 fully saturated rings. The summed E-state index contributed by atoms with van der Waals surface area (Å²) >= 11 is 5.84. The molecule has 2 unspecified atom stereocenters. The van der Waals surface area contributed by atoms with Crippen molar-refractivity contribution in [2.45, 2.75) is 49.5 Å². The zero-order chi connectivity index (χ0) is 15.2. The SMILES string of the molecule is Cc1[nH]nc(CCl)c1S(=O)(=O)N1CC2CCCN2CC1C. The Hall–Kier alpha value is -0.630. The van der Waals surface area contributed by atoms with Crippen molar-refractivity contribution in [3.8, 4) is 0 Å². The molecule has 8 heteroatoms. The van der Waals surface area contributed by atoms with Gasteiger partial charge in [0, 0.05) is 25.2 Å². The van der Waals surface area contributed by atoms with Gasteiger partial charge in [-0.15, -0.1) is 11.6 Å². The summed E-state index contributed by atoms with van der Waals surface area (Å²) in [7, 11) is -3.55. The number of halogens is 1. The predicted molar refractivity (Wildman–Crippen MR) is 80.8 cm³/mol. The Kier molecular flexibility index (Phi) is 4.02. The van der Waals surface area contributed by atoms with Gasteiger partial charge in [0.1, 0.15) is 4.90 Å². The molecule has 0 radical (unpaired) electrons. The van der Waals surface area contributed by atoms with Gasteiger partial charge >= 0.3 is 0 Å². The van der Waals surface area contributed by atoms with Gasteiger partial charge in [0.25, 0.3) is 0 Å². The van der Waals surface area contributed by atoms with Crippen molar-refractivity contribution in [3.63, 3.8) is 0 Å². The minimum atomic E-state index is -3.55. The van der Waals surface area contributed by atoms with Crippen molar-refractivity contribution >= 4 is 21.6 Å². The lowest BCUT2D eigenvalue weighted by atomic mass is 10.1. The van der Waals surface area contributed by atoms with E-state index in [1.54, 1.807) is 11.2 Å². The van der Waals surface area contributed by atoms with Crippen molar-refractivity contribution < 1.29 is 8.42 Å². The predicted octanol–water partition coefficient (Wildman–Crippen LogP) is 1.31. The summed E-state index contributed by atoms with van der Waals surface area (Å²) in [6.07, 6.45) is 2.23. The van der Waals surface area contributed by atoms with Gasteiger partial charge in [-0.05, 0) is 33.2 Å². The van der Waals surface area contributed by atoms with Crippen LogP contribution < -0.4 is 0 Å². The summed E-state index contributed by atoms with van der Waals surface area (Å²) < 4.78 is 27.7. The number of rotatable bonds is 3. The van der Waals surface area contributed by atoms with Gasteiger partial charge in [0.05, 0.1) is 17.3 Å². The van der Waals surface area contributed by atoms with Crippen LogP contribution in [0.1, 0.15) is 31.2 Å². The number of fused-ring (bicyclic) bond motifs is 1. The Balaban J connectivity index is 1.96. The van der Waals surface area contributed by atoms with Crippen LogP contribution in [0.4, 0.5) is 0 Å². The first-order valence-corrected chi connectivity index (χ1v) is 9.28. The molecule has 2 saturated heterocycles. The summed E-state index contributed by atoms with van der Waals surface area (Å²) in [5.74, 6) is 0.0939. The molecule has 1 aromatic rings. The lowest BCUT2D eigenvalue weighted by Crippen LogP contribution is -2.56. The van der Waals surface area contributed by atoms with Crippen molar-refractivity contribution in [3.05, 3.63) is 11.4 Å². The molecule has 3 rings (SSSR count). The van der Waals surface area contributed by atoms with E-state index in [-0.39, 0.29) is 16.8 Å². The van der Waals surface area contributed by atoms with E-state index < -0.39 is 10.0 Å². The van der Waals surface area contributed by atoms with Gasteiger partial charge in [0.15, 0.2) is 0 Å². The van der Waals surface area contributed by atoms with Crippen LogP contribution in [0, 0.1) is 6.92 Å². The van der Waals surface area contributed by atoms with Crippen LogP contribution in [0.2, 0.25) is 0 Å². The number of aryl methyl sites for hydroxylation is 1. The zero-order valence-electron chi connectivity index (χ0n) is 12.3. The molecule has 1 aromatic heterocycles. The molecule has 2 aliphatic rings. The van der Waals surface area contributed by atoms with Crippen LogP contribution in [0.25, 0.3) is 0 Å². The topological polar surface area (TPSA) is 69.3 Å². The first-order valence-electron chi connectivity index (χ1n) is 7.31. The largest absolute Gasteiger partial charge is 0.297 e. The standard InChI is InChI=1S/C13H21ClN4O2S/c1-9-7-17-5-3-4-11(17)8-18(9)21(19,20)13-10(2)15-16-12(13)6-14/h9,11H,3-8H2,1-2H3,(H,15,16). The molecule has 118 valence electrons. The summed E-state index contributed by atoms with van der Waals surface area (Å²) in [5, 5.41) is 6.76. The number of aromatic nitrogens is 2. The van der Waals surface area contributed by atoms with Crippen molar-refractivity contribution in [1.29, 1.82) is 0 Å². The third-order valence-electron chi connectivity index (χ3n) is 4.53. The minimum absolute atomic E-state index is 0.0261. The van der Waals surface area contributed by atoms with Crippen LogP contribution in [0.5, 0.6) is 0 Å². The summed E-state index contributed by atoms with van der Waals surface area (Å²) in [5.41, 5.74) is 0.974. The maximum absolute atomic E-state index is 13.0. The summed E-state index contributed by atoms with van der Waals surface area (Å²) in [6.45, 7) is 6.15. The molecule has 0 aromatic carbocycles. The van der Waals surface area contributed by atoms with Gasteiger partial charge in [-0.1, -0.05) is 0 Å². The maximum Gasteiger partial charge on any atom is 0.247 e. The zero-order valence-corrected chi connectivity index (χ0v) is 13.9. The van der Waals surface area contributed by atoms with E-state index in [4.69, 9.17) is 11.6 Å². The van der Waals surface area contributed by atoms with E-state index in [2.05, 4.69) is 15.1 Å². The third-order valence-corrected chi connectivity index (χ3v) is 6.97. The smallest absolute Gasteiger partial charge is 0.247 e. The van der Waals surface area contributed by atoms with Gasteiger partial charge < -0.3 is 0 Å². The molecule has 0 bridgehead atoms. The Morgan fingerprint density at radius 3 is 2.90 bits per heavy atom. The number of nitrogens with one attached hydrogen (secondary N) is 1. The van der Waals surface area contributed by atoms with Crippen LogP contribution in [-0.2, 0) is 15.9 Å². The Labute approximate surface area is 130 Å². The molecule has 2 atom stereocenters. The van der Waals surface area contributed by atoms with Gasteiger partial charge in [-0.2, -0.15) is 9.40 Å². The average molecular weight is 333 g/mol. The maximum atomic E-state index is 13.0. The monoisotopic (exact) mass is 332 g/mol. The normalized spacial score (nSPS) is 28.0. The number of hydrogen-bond donors (Lipinski definition) is 1. The minimum Gasteiger partial charge on any atom is -0.297 e. The van der Waals surface area contributed by atoms with Gasteiger partial charge in [0.2, 0.25) is 10.0 Å². The van der Waals surface area contributed by atoms with Crippen molar-refractivity contribution in [1.82, 2.24) is 19.4 Å². The first kappa shape index (κ1) is 15.3. The number of H-pyrrole nitrogens is 1. The fourth-order valence-corrected chi connectivity index (χ4v) is 5.78. The van der Waals surface area contributed by atoms with E-state index in [9.17, 15) is 8.42 Å². The lowest BCUT2D eigenvalue weighted by molar-refractivity contribution is 0.117. The van der Waals surface area contributed by atoms with Gasteiger partial charge in [-0.3, -0.25) is 10.00 Å². The quantitative estimate of drug-likeness (QED) is 0.847. The van der Waals surface area contributed by atoms with Gasteiger partial charge in [-0.25, -0.2) is 8.42 Å². The van der Waals surface area contributed by atoms with Crippen molar-refractivity contribution in [2.24, 2.45) is 0 Å². The third kappa shape index (κ3) is 2.50. The Morgan fingerprint density at radius 2 is 2.19 bits per heavy atom. The molecule has 0 spiro atoms. The number of nitrogens with zero attached hydrogens (tertiary/aromatic N) is 3. The molecule has 6 nitrogen and oxygen atoms in total. The van der Waals surface area contributed by atoms with E-state index in [1.165, 1.54) is 0 Å². The Bertz CT molecular complexity index is 630. The average Bonchev–Trinajstić information content (AvgIpc) is 3.03. The molecule has 0 saturated carbocycles. The second-order valence-electron chi connectivity index (χ2n) is 5.97. The fraction of sp³-hybridized carbons (Fsp3) is 0.769. The van der Waals surface area contributed by atoms with Crippen molar-refractivity contribution in [2.75, 3.05) is 19.6 Å². The highest BCUT2D eigenvalue weighted by molar-refractivity contribution is 7.89. The highest BCUT2D eigenvalue weighted by Crippen LogP contribution is 2.31. The van der Waals surface area contributed by atoms with E-state index in [1.807, 2.05) is 6.92 Å². The van der Waals surface area contributed by atoms with Crippen LogP contribution in [-0.4, -0.2) is 59.5 Å². The number of hydrogen-bond acceptors (Lipinski definition) is 4. The fourth-order valence-electron chi connectivity index (χ4n) is 3.51. The number of sulfonamides is 1. The van der Waals surface area contributed by atoms with E-state index >= 15 is 0 Å². The molecule has 0 aliphatic carbocycles. The van der Waals surface area contributed by atoms with Crippen LogP contribution in [0.3, 0.4) is 0 Å². The number of piperazine rings is 1. The number of alkyl halides is 1. The van der Waals surface area contributed by atoms with Crippen LogP contribution >= 0.6 is 11.6 Å².